The number of fused-ring (bicyclic) bond motifs is 2. The number of nitrogens with zero attached hydrogens (tertiary/aromatic N) is 2. The molecule has 1 aliphatic heterocycles. The van der Waals surface area contributed by atoms with E-state index < -0.39 is 23.6 Å². The first-order valence-electron chi connectivity index (χ1n) is 12.5. The van der Waals surface area contributed by atoms with Gasteiger partial charge in [-0.05, 0) is 29.1 Å². The SMILES string of the molecule is O=C1Oc2cccc(N=Nc3cccc4ccccc34)c2C(=O)C1C(C(=O)c1ccccc1)c1ccccc1. The van der Waals surface area contributed by atoms with Crippen LogP contribution >= 0.6 is 0 Å². The maximum atomic E-state index is 14.1. The van der Waals surface area contributed by atoms with Crippen molar-refractivity contribution in [1.29, 1.82) is 0 Å². The van der Waals surface area contributed by atoms with Gasteiger partial charge in [-0.2, -0.15) is 0 Å². The van der Waals surface area contributed by atoms with Crippen molar-refractivity contribution >= 4 is 39.7 Å². The fourth-order valence-corrected chi connectivity index (χ4v) is 5.00. The molecule has 6 rings (SSSR count). The fraction of sp³-hybridized carbons (Fsp3) is 0.0606. The van der Waals surface area contributed by atoms with Crippen LogP contribution in [0.4, 0.5) is 11.4 Å². The monoisotopic (exact) mass is 510 g/mol. The van der Waals surface area contributed by atoms with E-state index in [0.29, 0.717) is 16.8 Å². The minimum Gasteiger partial charge on any atom is -0.425 e. The summed E-state index contributed by atoms with van der Waals surface area (Å²) in [7, 11) is 0. The third kappa shape index (κ3) is 4.53. The molecule has 2 atom stereocenters. The highest BCUT2D eigenvalue weighted by Crippen LogP contribution is 2.42. The lowest BCUT2D eigenvalue weighted by molar-refractivity contribution is -0.138. The van der Waals surface area contributed by atoms with Crippen LogP contribution in [0.2, 0.25) is 0 Å². The largest absolute Gasteiger partial charge is 0.425 e. The third-order valence-electron chi connectivity index (χ3n) is 6.86. The molecule has 0 saturated carbocycles. The Morgan fingerprint density at radius 2 is 1.28 bits per heavy atom. The molecule has 39 heavy (non-hydrogen) atoms. The van der Waals surface area contributed by atoms with Gasteiger partial charge in [0.25, 0.3) is 0 Å². The molecule has 188 valence electrons. The van der Waals surface area contributed by atoms with Gasteiger partial charge < -0.3 is 4.74 Å². The van der Waals surface area contributed by atoms with Gasteiger partial charge >= 0.3 is 5.97 Å². The van der Waals surface area contributed by atoms with Crippen LogP contribution in [0.15, 0.2) is 132 Å². The summed E-state index contributed by atoms with van der Waals surface area (Å²) in [6.45, 7) is 0. The number of hydrogen-bond acceptors (Lipinski definition) is 6. The standard InChI is InChI=1S/C33H22N2O4/c36-31(23-14-5-2-6-15-23)28(22-12-3-1-4-13-22)30-32(37)29-26(19-10-20-27(29)39-33(30)38)35-34-25-18-9-16-21-11-7-8-17-24(21)25/h1-20,28,30H. The van der Waals surface area contributed by atoms with Gasteiger partial charge in [0, 0.05) is 10.9 Å². The lowest BCUT2D eigenvalue weighted by Gasteiger charge is -2.28. The van der Waals surface area contributed by atoms with Crippen LogP contribution in [0.25, 0.3) is 10.8 Å². The molecule has 0 spiro atoms. The summed E-state index contributed by atoms with van der Waals surface area (Å²) in [5, 5.41) is 10.8. The summed E-state index contributed by atoms with van der Waals surface area (Å²) in [5.74, 6) is -3.96. The number of benzene rings is 5. The van der Waals surface area contributed by atoms with Crippen LogP contribution in [0.1, 0.15) is 32.2 Å². The second-order valence-corrected chi connectivity index (χ2v) is 9.23. The van der Waals surface area contributed by atoms with Crippen molar-refractivity contribution in [2.24, 2.45) is 16.1 Å². The van der Waals surface area contributed by atoms with Crippen LogP contribution in [-0.2, 0) is 4.79 Å². The maximum absolute atomic E-state index is 14.1. The lowest BCUT2D eigenvalue weighted by Crippen LogP contribution is -2.40. The van der Waals surface area contributed by atoms with Crippen molar-refractivity contribution in [1.82, 2.24) is 0 Å². The first-order chi connectivity index (χ1) is 19.1. The molecular weight excluding hydrogens is 488 g/mol. The van der Waals surface area contributed by atoms with Crippen molar-refractivity contribution in [3.05, 3.63) is 138 Å². The van der Waals surface area contributed by atoms with Crippen molar-refractivity contribution in [2.45, 2.75) is 5.92 Å². The Bertz CT molecular complexity index is 1740. The van der Waals surface area contributed by atoms with Crippen molar-refractivity contribution in [3.8, 4) is 5.75 Å². The van der Waals surface area contributed by atoms with Gasteiger partial charge in [-0.25, -0.2) is 0 Å². The zero-order valence-electron chi connectivity index (χ0n) is 20.7. The van der Waals surface area contributed by atoms with Gasteiger partial charge in [-0.1, -0.05) is 103 Å². The summed E-state index contributed by atoms with van der Waals surface area (Å²) < 4.78 is 5.65. The Labute approximate surface area is 224 Å². The van der Waals surface area contributed by atoms with E-state index >= 15 is 0 Å². The van der Waals surface area contributed by atoms with E-state index in [4.69, 9.17) is 4.74 Å². The summed E-state index contributed by atoms with van der Waals surface area (Å²) in [6.07, 6.45) is 0. The van der Waals surface area contributed by atoms with Gasteiger partial charge in [-0.15, -0.1) is 10.2 Å². The Balaban J connectivity index is 1.43. The molecule has 2 unspecified atom stereocenters. The average Bonchev–Trinajstić information content (AvgIpc) is 2.98. The molecule has 1 aliphatic rings. The Morgan fingerprint density at radius 1 is 0.667 bits per heavy atom. The Hall–Kier alpha value is -5.23. The van der Waals surface area contributed by atoms with E-state index in [9.17, 15) is 14.4 Å². The number of ether oxygens (including phenoxy) is 1. The van der Waals surface area contributed by atoms with Crippen molar-refractivity contribution in [2.75, 3.05) is 0 Å². The molecule has 6 nitrogen and oxygen atoms in total. The van der Waals surface area contributed by atoms with Gasteiger partial charge in [0.05, 0.1) is 17.2 Å². The molecular formula is C33H22N2O4. The molecule has 0 amide bonds. The molecule has 0 radical (unpaired) electrons. The highest BCUT2D eigenvalue weighted by molar-refractivity contribution is 6.20. The number of carbonyl (C=O) groups excluding carboxylic acids is 3. The molecule has 6 heteroatoms. The molecule has 5 aromatic rings. The maximum Gasteiger partial charge on any atom is 0.323 e. The predicted octanol–water partition coefficient (Wildman–Crippen LogP) is 7.64. The first-order valence-corrected chi connectivity index (χ1v) is 12.5. The highest BCUT2D eigenvalue weighted by atomic mass is 16.5. The number of esters is 1. The van der Waals surface area contributed by atoms with Crippen LogP contribution in [0, 0.1) is 5.92 Å². The van der Waals surface area contributed by atoms with Crippen LogP contribution < -0.4 is 4.74 Å². The van der Waals surface area contributed by atoms with Crippen LogP contribution in [-0.4, -0.2) is 17.5 Å². The first kappa shape index (κ1) is 24.1. The molecule has 1 heterocycles. The minimum absolute atomic E-state index is 0.106. The normalized spacial score (nSPS) is 15.6. The lowest BCUT2D eigenvalue weighted by atomic mass is 9.75. The Morgan fingerprint density at radius 3 is 2.08 bits per heavy atom. The van der Waals surface area contributed by atoms with E-state index in [2.05, 4.69) is 10.2 Å². The number of azo groups is 1. The van der Waals surface area contributed by atoms with E-state index in [1.807, 2.05) is 48.5 Å². The van der Waals surface area contributed by atoms with Crippen LogP contribution in [0.5, 0.6) is 5.75 Å². The van der Waals surface area contributed by atoms with Gasteiger partial charge in [-0.3, -0.25) is 14.4 Å². The minimum atomic E-state index is -1.37. The number of ketones is 2. The second kappa shape index (κ2) is 10.3. The highest BCUT2D eigenvalue weighted by Gasteiger charge is 2.46. The average molecular weight is 511 g/mol. The predicted molar refractivity (Wildman–Crippen MR) is 148 cm³/mol. The molecule has 5 aromatic carbocycles. The topological polar surface area (TPSA) is 85.2 Å². The van der Waals surface area contributed by atoms with Crippen molar-refractivity contribution < 1.29 is 19.1 Å². The summed E-state index contributed by atoms with van der Waals surface area (Å²) in [5.41, 5.74) is 2.00. The number of Topliss-reactive ketones (excluding diaryl/α,β-unsaturated/α-hetero) is 2. The van der Waals surface area contributed by atoms with Crippen LogP contribution in [0.3, 0.4) is 0 Å². The summed E-state index contributed by atoms with van der Waals surface area (Å²) in [4.78, 5) is 41.1. The second-order valence-electron chi connectivity index (χ2n) is 9.23. The number of rotatable bonds is 6. The molecule has 0 bridgehead atoms. The van der Waals surface area contributed by atoms with E-state index in [1.165, 1.54) is 0 Å². The third-order valence-corrected chi connectivity index (χ3v) is 6.86. The number of hydrogen-bond donors (Lipinski definition) is 0. The van der Waals surface area contributed by atoms with Crippen molar-refractivity contribution in [3.63, 3.8) is 0 Å². The van der Waals surface area contributed by atoms with Gasteiger partial charge in [0.15, 0.2) is 11.6 Å². The molecule has 0 aromatic heterocycles. The van der Waals surface area contributed by atoms with E-state index in [1.54, 1.807) is 72.8 Å². The van der Waals surface area contributed by atoms with Gasteiger partial charge in [0.2, 0.25) is 0 Å². The number of carbonyl (C=O) groups is 3. The van der Waals surface area contributed by atoms with E-state index in [-0.39, 0.29) is 22.8 Å². The zero-order valence-corrected chi connectivity index (χ0v) is 20.7. The fourth-order valence-electron chi connectivity index (χ4n) is 5.00. The van der Waals surface area contributed by atoms with Gasteiger partial charge in [0.1, 0.15) is 17.4 Å². The summed E-state index contributed by atoms with van der Waals surface area (Å²) >= 11 is 0. The summed E-state index contributed by atoms with van der Waals surface area (Å²) in [6, 6.07) is 35.9. The quantitative estimate of drug-likeness (QED) is 0.0772. The smallest absolute Gasteiger partial charge is 0.323 e. The zero-order chi connectivity index (χ0) is 26.8. The molecule has 0 fully saturated rings. The molecule has 0 aliphatic carbocycles. The molecule has 0 N–H and O–H groups in total. The molecule has 0 saturated heterocycles. The Kier molecular flexibility index (Phi) is 6.35. The van der Waals surface area contributed by atoms with E-state index in [0.717, 1.165) is 10.8 Å².